The topological polar surface area (TPSA) is 249 Å². The molecule has 8 aromatic heterocycles. The lowest BCUT2D eigenvalue weighted by Crippen LogP contribution is -2.41. The maximum Gasteiger partial charge on any atom is 0.495 e. The molecule has 1 N–H and O–H groups in total. The number of aryl methyl sites for hydroxylation is 3. The van der Waals surface area contributed by atoms with Crippen LogP contribution in [0.25, 0.3) is 34.0 Å². The summed E-state index contributed by atoms with van der Waals surface area (Å²) in [6.07, 6.45) is 10.8. The molecule has 9 rings (SSSR count). The van der Waals surface area contributed by atoms with Gasteiger partial charge in [0, 0.05) is 66.4 Å². The van der Waals surface area contributed by atoms with Crippen LogP contribution in [-0.4, -0.2) is 120 Å². The van der Waals surface area contributed by atoms with E-state index in [4.69, 9.17) is 14.0 Å². The van der Waals surface area contributed by atoms with Crippen LogP contribution in [0.3, 0.4) is 0 Å². The first kappa shape index (κ1) is 61.4. The van der Waals surface area contributed by atoms with Crippen LogP contribution in [0.5, 0.6) is 0 Å². The van der Waals surface area contributed by atoms with E-state index in [-0.39, 0.29) is 29.4 Å². The first-order valence-corrected chi connectivity index (χ1v) is 26.8. The van der Waals surface area contributed by atoms with Crippen molar-refractivity contribution in [1.29, 1.82) is 0 Å². The second-order valence-electron chi connectivity index (χ2n) is 20.9. The van der Waals surface area contributed by atoms with Gasteiger partial charge in [0.2, 0.25) is 5.82 Å². The number of aromatic nitrogens is 14. The summed E-state index contributed by atoms with van der Waals surface area (Å²) in [5.74, 6) is -0.346. The standard InChI is InChI=1S/C22H25N9O.C14H20BNO4.C14H17N3O2.C6H9BrN2/c1-13(2)30-10-9-17(27-30)16-11-19(23-12-15(16)5)22(32)25-20-8-6-7-18(24-20)21-26-28-29-31(21)14(3)4;1-9-8-16-11(12(17)18-6)7-10(9)15-19-13(2,3)14(4,5)20-15;1-9(2)17-6-5-12(16-17)11-7-13(14(18)19-4)15-8-10(11)3;1-5(2)9-4-3-6(7)8-9/h6-14H,1-5H3,(H,24,25,32);7-8H,1-6H3;5-9H,1-4H3;3-5H,1-2H3. The van der Waals surface area contributed by atoms with Crippen molar-refractivity contribution in [3.63, 3.8) is 0 Å². The third-order valence-electron chi connectivity index (χ3n) is 13.0. The number of ether oxygens (including phenoxy) is 2. The van der Waals surface area contributed by atoms with Crippen molar-refractivity contribution in [2.24, 2.45) is 0 Å². The SMILES string of the molecule is CC(C)n1ccc(Br)n1.COC(=O)c1cc(-c2ccn(C(C)C)n2)c(C)cn1.COC(=O)c1cc(B2OC(C)(C)C(C)(C)O2)c(C)cn1.Cc1cnc(C(=O)Nc2cccc(-c3nnnn3C(C)C)n2)cc1-c1ccn(C(C)C)n1. The van der Waals surface area contributed by atoms with Gasteiger partial charge < -0.3 is 24.1 Å². The normalized spacial score (nSPS) is 13.3. The molecule has 0 aliphatic carbocycles. The molecule has 22 nitrogen and oxygen atoms in total. The number of methoxy groups -OCH3 is 2. The Balaban J connectivity index is 0.000000186. The van der Waals surface area contributed by atoms with Crippen molar-refractivity contribution < 1.29 is 33.2 Å². The zero-order valence-electron chi connectivity index (χ0n) is 48.5. The number of amides is 1. The molecule has 0 saturated carbocycles. The molecule has 1 saturated heterocycles. The van der Waals surface area contributed by atoms with Crippen molar-refractivity contribution >= 4 is 52.2 Å². The third kappa shape index (κ3) is 15.1. The molecule has 0 bridgehead atoms. The van der Waals surface area contributed by atoms with Crippen molar-refractivity contribution in [1.82, 2.24) is 69.5 Å². The van der Waals surface area contributed by atoms with E-state index in [1.807, 2.05) is 113 Å². The Morgan fingerprint density at radius 1 is 0.613 bits per heavy atom. The third-order valence-corrected chi connectivity index (χ3v) is 13.4. The van der Waals surface area contributed by atoms with Gasteiger partial charge in [0.1, 0.15) is 33.2 Å². The molecule has 24 heteroatoms. The lowest BCUT2D eigenvalue weighted by molar-refractivity contribution is 0.00578. The Morgan fingerprint density at radius 3 is 1.55 bits per heavy atom. The fourth-order valence-corrected chi connectivity index (χ4v) is 7.88. The molecule has 0 atom stereocenters. The number of nitrogens with one attached hydrogen (secondary N) is 1. The van der Waals surface area contributed by atoms with Crippen LogP contribution < -0.4 is 10.8 Å². The number of carbonyl (C=O) groups excluding carboxylic acids is 3. The second kappa shape index (κ2) is 26.4. The van der Waals surface area contributed by atoms with Crippen LogP contribution >= 0.6 is 15.9 Å². The maximum atomic E-state index is 12.9. The summed E-state index contributed by atoms with van der Waals surface area (Å²) in [6.45, 7) is 30.2. The Hall–Kier alpha value is -7.83. The van der Waals surface area contributed by atoms with E-state index in [0.29, 0.717) is 35.1 Å². The number of rotatable bonds is 12. The molecule has 0 spiro atoms. The molecule has 422 valence electrons. The van der Waals surface area contributed by atoms with Gasteiger partial charge in [-0.3, -0.25) is 23.8 Å². The highest BCUT2D eigenvalue weighted by Gasteiger charge is 2.52. The summed E-state index contributed by atoms with van der Waals surface area (Å²) in [5.41, 5.74) is 7.59. The van der Waals surface area contributed by atoms with Gasteiger partial charge in [0.05, 0.1) is 42.9 Å². The Morgan fingerprint density at radius 2 is 1.09 bits per heavy atom. The maximum absolute atomic E-state index is 12.9. The largest absolute Gasteiger partial charge is 0.495 e. The average molecular weight is 1160 g/mol. The fraction of sp³-hybridized carbons (Fsp3) is 0.411. The molecule has 9 heterocycles. The minimum atomic E-state index is -0.508. The smallest absolute Gasteiger partial charge is 0.464 e. The lowest BCUT2D eigenvalue weighted by atomic mass is 9.76. The van der Waals surface area contributed by atoms with Crippen molar-refractivity contribution in [2.75, 3.05) is 19.5 Å². The van der Waals surface area contributed by atoms with Gasteiger partial charge in [-0.05, 0) is 201 Å². The monoisotopic (exact) mass is 1160 g/mol. The van der Waals surface area contributed by atoms with Crippen molar-refractivity contribution in [3.8, 4) is 34.0 Å². The highest BCUT2D eigenvalue weighted by molar-refractivity contribution is 9.10. The van der Waals surface area contributed by atoms with E-state index in [0.717, 1.165) is 49.3 Å². The minimum Gasteiger partial charge on any atom is -0.464 e. The summed E-state index contributed by atoms with van der Waals surface area (Å²) in [7, 11) is 2.17. The number of carbonyl (C=O) groups is 3. The van der Waals surface area contributed by atoms with Crippen LogP contribution in [0.2, 0.25) is 0 Å². The predicted molar refractivity (Wildman–Crippen MR) is 308 cm³/mol. The Bertz CT molecular complexity index is 3400. The first-order valence-electron chi connectivity index (χ1n) is 26.0. The summed E-state index contributed by atoms with van der Waals surface area (Å²) in [5, 5.41) is 27.9. The molecule has 0 aromatic carbocycles. The summed E-state index contributed by atoms with van der Waals surface area (Å²) in [4.78, 5) is 52.9. The van der Waals surface area contributed by atoms with Gasteiger partial charge >= 0.3 is 19.1 Å². The molecule has 1 fully saturated rings. The molecule has 0 radical (unpaired) electrons. The van der Waals surface area contributed by atoms with Gasteiger partial charge in [-0.15, -0.1) is 5.10 Å². The Kier molecular flexibility index (Phi) is 20.3. The number of anilines is 1. The van der Waals surface area contributed by atoms with Crippen LogP contribution in [0, 0.1) is 20.8 Å². The van der Waals surface area contributed by atoms with Crippen molar-refractivity contribution in [3.05, 3.63) is 130 Å². The lowest BCUT2D eigenvalue weighted by Gasteiger charge is -2.32. The van der Waals surface area contributed by atoms with Gasteiger partial charge in [0.15, 0.2) is 0 Å². The van der Waals surface area contributed by atoms with Crippen LogP contribution in [-0.2, 0) is 18.8 Å². The zero-order valence-corrected chi connectivity index (χ0v) is 50.1. The zero-order chi connectivity index (χ0) is 58.8. The van der Waals surface area contributed by atoms with E-state index in [9.17, 15) is 14.4 Å². The molecule has 1 aliphatic heterocycles. The van der Waals surface area contributed by atoms with Gasteiger partial charge in [-0.1, -0.05) is 6.07 Å². The second-order valence-corrected chi connectivity index (χ2v) is 21.7. The molecule has 0 unspecified atom stereocenters. The number of hydrogen-bond donors (Lipinski definition) is 1. The number of tetrazole rings is 1. The van der Waals surface area contributed by atoms with Gasteiger partial charge in [-0.25, -0.2) is 29.2 Å². The highest BCUT2D eigenvalue weighted by Crippen LogP contribution is 2.37. The number of hydrogen-bond acceptors (Lipinski definition) is 17. The molecule has 80 heavy (non-hydrogen) atoms. The van der Waals surface area contributed by atoms with Gasteiger partial charge in [0.25, 0.3) is 5.91 Å². The molecular weight excluding hydrogens is 1090 g/mol. The number of pyridine rings is 4. The quantitative estimate of drug-likeness (QED) is 0.0882. The summed E-state index contributed by atoms with van der Waals surface area (Å²) >= 11 is 3.27. The molecular formula is C56H71BBrN15O7. The highest BCUT2D eigenvalue weighted by atomic mass is 79.9. The van der Waals surface area contributed by atoms with Crippen LogP contribution in [0.15, 0.2) is 96.4 Å². The van der Waals surface area contributed by atoms with E-state index in [2.05, 4.69) is 118 Å². The Labute approximate surface area is 475 Å². The molecule has 1 amide bonds. The van der Waals surface area contributed by atoms with Crippen LogP contribution in [0.4, 0.5) is 5.82 Å². The van der Waals surface area contributed by atoms with E-state index >= 15 is 0 Å². The fourth-order valence-electron chi connectivity index (χ4n) is 7.58. The average Bonchev–Trinajstić information content (AvgIpc) is 4.42. The summed E-state index contributed by atoms with van der Waals surface area (Å²) in [6, 6.07) is 17.3. The summed E-state index contributed by atoms with van der Waals surface area (Å²) < 4.78 is 29.6. The van der Waals surface area contributed by atoms with Gasteiger partial charge in [-0.2, -0.15) is 15.3 Å². The molecule has 8 aromatic rings. The van der Waals surface area contributed by atoms with Crippen LogP contribution in [0.1, 0.15) is 155 Å². The predicted octanol–water partition coefficient (Wildman–Crippen LogP) is 10.0. The molecule has 1 aliphatic rings. The number of esters is 2. The van der Waals surface area contributed by atoms with E-state index < -0.39 is 30.3 Å². The number of halogens is 1. The first-order chi connectivity index (χ1) is 37.7. The minimum absolute atomic E-state index is 0.0781. The van der Waals surface area contributed by atoms with E-state index in [1.54, 1.807) is 59.7 Å². The van der Waals surface area contributed by atoms with E-state index in [1.165, 1.54) is 14.2 Å². The van der Waals surface area contributed by atoms with Crippen molar-refractivity contribution in [2.45, 2.75) is 139 Å². The number of nitrogens with zero attached hydrogens (tertiary/aromatic N) is 14.